The first-order valence-electron chi connectivity index (χ1n) is 5.62. The smallest absolute Gasteiger partial charge is 0.338 e. The number of fused-ring (bicyclic) bond motifs is 1. The van der Waals surface area contributed by atoms with Gasteiger partial charge in [0.1, 0.15) is 0 Å². The highest BCUT2D eigenvalue weighted by Crippen LogP contribution is 2.29. The van der Waals surface area contributed by atoms with Crippen molar-refractivity contribution >= 4 is 5.97 Å². The van der Waals surface area contributed by atoms with Crippen molar-refractivity contribution in [3.8, 4) is 0 Å². The second kappa shape index (κ2) is 4.26. The summed E-state index contributed by atoms with van der Waals surface area (Å²) in [6, 6.07) is 7.90. The van der Waals surface area contributed by atoms with Crippen molar-refractivity contribution in [2.45, 2.75) is 31.8 Å². The predicted octanol–water partition coefficient (Wildman–Crippen LogP) is 1.47. The fraction of sp³-hybridized carbons (Fsp3) is 0.462. The molecule has 1 unspecified atom stereocenters. The first-order chi connectivity index (χ1) is 7.65. The van der Waals surface area contributed by atoms with Gasteiger partial charge in [0.15, 0.2) is 5.60 Å². The maximum atomic E-state index is 11.7. The largest absolute Gasteiger partial charge is 0.464 e. The molecule has 1 aliphatic rings. The minimum atomic E-state index is -1.33. The van der Waals surface area contributed by atoms with Gasteiger partial charge < -0.3 is 9.84 Å². The number of carbonyl (C=O) groups excluding carboxylic acids is 1. The Hall–Kier alpha value is -1.35. The third-order valence-electron chi connectivity index (χ3n) is 3.06. The summed E-state index contributed by atoms with van der Waals surface area (Å²) in [5.41, 5.74) is 0.936. The summed E-state index contributed by atoms with van der Waals surface area (Å²) >= 11 is 0. The molecule has 0 heterocycles. The quantitative estimate of drug-likeness (QED) is 0.768. The van der Waals surface area contributed by atoms with E-state index >= 15 is 0 Å². The molecule has 0 bridgehead atoms. The standard InChI is InChI=1S/C13H16O3/c1-2-16-12(14)13(15)8-7-10-5-3-4-6-11(10)9-13/h3-6,15H,2,7-9H2,1H3. The van der Waals surface area contributed by atoms with Crippen LogP contribution in [0.3, 0.4) is 0 Å². The summed E-state index contributed by atoms with van der Waals surface area (Å²) in [6.07, 6.45) is 1.54. The molecule has 0 spiro atoms. The van der Waals surface area contributed by atoms with Gasteiger partial charge in [0.25, 0.3) is 0 Å². The SMILES string of the molecule is CCOC(=O)C1(O)CCc2ccccc2C1. The monoisotopic (exact) mass is 220 g/mol. The van der Waals surface area contributed by atoms with Gasteiger partial charge in [-0.05, 0) is 30.9 Å². The number of esters is 1. The van der Waals surface area contributed by atoms with E-state index in [1.165, 1.54) is 5.56 Å². The lowest BCUT2D eigenvalue weighted by atomic mass is 9.80. The van der Waals surface area contributed by atoms with E-state index in [4.69, 9.17) is 4.74 Å². The number of carbonyl (C=O) groups is 1. The Kier molecular flexibility index (Phi) is 2.97. The zero-order valence-corrected chi connectivity index (χ0v) is 9.40. The Bertz CT molecular complexity index is 400. The van der Waals surface area contributed by atoms with Crippen molar-refractivity contribution in [2.75, 3.05) is 6.61 Å². The number of ether oxygens (including phenoxy) is 1. The summed E-state index contributed by atoms with van der Waals surface area (Å²) in [5, 5.41) is 10.2. The average molecular weight is 220 g/mol. The molecule has 0 aliphatic heterocycles. The van der Waals surface area contributed by atoms with E-state index in [0.29, 0.717) is 19.4 Å². The van der Waals surface area contributed by atoms with Crippen LogP contribution in [-0.2, 0) is 22.4 Å². The van der Waals surface area contributed by atoms with Crippen molar-refractivity contribution in [1.82, 2.24) is 0 Å². The fourth-order valence-electron chi connectivity index (χ4n) is 2.16. The van der Waals surface area contributed by atoms with E-state index in [1.54, 1.807) is 6.92 Å². The Morgan fingerprint density at radius 1 is 1.44 bits per heavy atom. The number of hydrogen-bond acceptors (Lipinski definition) is 3. The summed E-state index contributed by atoms with van der Waals surface area (Å²) in [6.45, 7) is 2.06. The third kappa shape index (κ3) is 1.95. The maximum absolute atomic E-state index is 11.7. The maximum Gasteiger partial charge on any atom is 0.338 e. The molecule has 0 radical (unpaired) electrons. The van der Waals surface area contributed by atoms with Gasteiger partial charge >= 0.3 is 5.97 Å². The van der Waals surface area contributed by atoms with Crippen LogP contribution in [0.4, 0.5) is 0 Å². The van der Waals surface area contributed by atoms with Crippen LogP contribution in [0.15, 0.2) is 24.3 Å². The van der Waals surface area contributed by atoms with Crippen molar-refractivity contribution < 1.29 is 14.6 Å². The second-order valence-corrected chi connectivity index (χ2v) is 4.20. The van der Waals surface area contributed by atoms with Crippen molar-refractivity contribution in [1.29, 1.82) is 0 Å². The van der Waals surface area contributed by atoms with Crippen LogP contribution >= 0.6 is 0 Å². The van der Waals surface area contributed by atoms with Crippen LogP contribution in [0, 0.1) is 0 Å². The van der Waals surface area contributed by atoms with E-state index in [2.05, 4.69) is 0 Å². The molecule has 1 aromatic rings. The third-order valence-corrected chi connectivity index (χ3v) is 3.06. The minimum absolute atomic E-state index is 0.308. The lowest BCUT2D eigenvalue weighted by molar-refractivity contribution is -0.166. The molecule has 86 valence electrons. The van der Waals surface area contributed by atoms with Crippen LogP contribution < -0.4 is 0 Å². The highest BCUT2D eigenvalue weighted by molar-refractivity contribution is 5.80. The van der Waals surface area contributed by atoms with Gasteiger partial charge in [-0.2, -0.15) is 0 Å². The molecule has 0 saturated carbocycles. The topological polar surface area (TPSA) is 46.5 Å². The van der Waals surface area contributed by atoms with Gasteiger partial charge in [-0.3, -0.25) is 0 Å². The highest BCUT2D eigenvalue weighted by atomic mass is 16.5. The molecular weight excluding hydrogens is 204 g/mol. The first-order valence-corrected chi connectivity index (χ1v) is 5.62. The molecular formula is C13H16O3. The van der Waals surface area contributed by atoms with E-state index < -0.39 is 11.6 Å². The summed E-state index contributed by atoms with van der Waals surface area (Å²) < 4.78 is 4.91. The van der Waals surface area contributed by atoms with E-state index in [-0.39, 0.29) is 0 Å². The number of aliphatic hydroxyl groups is 1. The lowest BCUT2D eigenvalue weighted by Crippen LogP contribution is -2.45. The van der Waals surface area contributed by atoms with Crippen molar-refractivity contribution in [3.63, 3.8) is 0 Å². The van der Waals surface area contributed by atoms with Gasteiger partial charge in [0.2, 0.25) is 0 Å². The summed E-state index contributed by atoms with van der Waals surface area (Å²) in [5.74, 6) is -0.496. The van der Waals surface area contributed by atoms with E-state index in [0.717, 1.165) is 12.0 Å². The molecule has 0 aromatic heterocycles. The molecule has 1 N–H and O–H groups in total. The Labute approximate surface area is 95.0 Å². The first kappa shape index (κ1) is 11.1. The summed E-state index contributed by atoms with van der Waals surface area (Å²) in [4.78, 5) is 11.7. The molecule has 3 heteroatoms. The molecule has 0 fully saturated rings. The Balaban J connectivity index is 2.21. The molecule has 3 nitrogen and oxygen atoms in total. The van der Waals surface area contributed by atoms with E-state index in [9.17, 15) is 9.90 Å². The molecule has 1 aliphatic carbocycles. The molecule has 1 atom stereocenters. The molecule has 16 heavy (non-hydrogen) atoms. The summed E-state index contributed by atoms with van der Waals surface area (Å²) in [7, 11) is 0. The zero-order valence-electron chi connectivity index (χ0n) is 9.40. The normalized spacial score (nSPS) is 23.6. The van der Waals surface area contributed by atoms with Crippen molar-refractivity contribution in [2.24, 2.45) is 0 Å². The second-order valence-electron chi connectivity index (χ2n) is 4.20. The predicted molar refractivity (Wildman–Crippen MR) is 60.0 cm³/mol. The van der Waals surface area contributed by atoms with Crippen LogP contribution in [0.2, 0.25) is 0 Å². The molecule has 0 saturated heterocycles. The zero-order chi connectivity index (χ0) is 11.6. The van der Waals surface area contributed by atoms with Crippen LogP contribution in [-0.4, -0.2) is 23.3 Å². The van der Waals surface area contributed by atoms with Gasteiger partial charge in [-0.1, -0.05) is 24.3 Å². The van der Waals surface area contributed by atoms with Gasteiger partial charge in [-0.25, -0.2) is 4.79 Å². The fourth-order valence-corrected chi connectivity index (χ4v) is 2.16. The lowest BCUT2D eigenvalue weighted by Gasteiger charge is -2.31. The highest BCUT2D eigenvalue weighted by Gasteiger charge is 2.40. The van der Waals surface area contributed by atoms with Crippen LogP contribution in [0.1, 0.15) is 24.5 Å². The van der Waals surface area contributed by atoms with E-state index in [1.807, 2.05) is 24.3 Å². The van der Waals surface area contributed by atoms with Crippen molar-refractivity contribution in [3.05, 3.63) is 35.4 Å². The molecule has 2 rings (SSSR count). The molecule has 1 aromatic carbocycles. The van der Waals surface area contributed by atoms with Gasteiger partial charge in [-0.15, -0.1) is 0 Å². The Morgan fingerprint density at radius 3 is 2.81 bits per heavy atom. The van der Waals surface area contributed by atoms with Gasteiger partial charge in [0.05, 0.1) is 6.61 Å². The number of aryl methyl sites for hydroxylation is 1. The van der Waals surface area contributed by atoms with Crippen LogP contribution in [0.25, 0.3) is 0 Å². The van der Waals surface area contributed by atoms with Crippen LogP contribution in [0.5, 0.6) is 0 Å². The van der Waals surface area contributed by atoms with Gasteiger partial charge in [0, 0.05) is 6.42 Å². The Morgan fingerprint density at radius 2 is 2.12 bits per heavy atom. The average Bonchev–Trinajstić information content (AvgIpc) is 2.29. The number of benzene rings is 1. The number of rotatable bonds is 2. The number of hydrogen-bond donors (Lipinski definition) is 1. The minimum Gasteiger partial charge on any atom is -0.464 e. The molecule has 0 amide bonds.